The number of carbonyl (C=O) groups excluding carboxylic acids is 1. The Kier molecular flexibility index (Phi) is 4.24. The van der Waals surface area contributed by atoms with E-state index < -0.39 is 0 Å². The summed E-state index contributed by atoms with van der Waals surface area (Å²) in [6.07, 6.45) is 2.23. The first-order chi connectivity index (χ1) is 14.0. The van der Waals surface area contributed by atoms with E-state index in [1.54, 1.807) is 24.0 Å². The topological polar surface area (TPSA) is 88.3 Å². The molecular weight excluding hydrogens is 392 g/mol. The molecule has 0 unspecified atom stereocenters. The van der Waals surface area contributed by atoms with E-state index in [0.717, 1.165) is 30.8 Å². The molecule has 2 aliphatic rings. The van der Waals surface area contributed by atoms with Gasteiger partial charge in [-0.2, -0.15) is 0 Å². The fourth-order valence-electron chi connectivity index (χ4n) is 3.94. The maximum atomic E-state index is 13.2. The minimum absolute atomic E-state index is 0.135. The lowest BCUT2D eigenvalue weighted by Crippen LogP contribution is -2.27. The number of carbonyl (C=O) groups is 1. The van der Waals surface area contributed by atoms with E-state index >= 15 is 0 Å². The number of aromatic nitrogens is 4. The fourth-order valence-corrected chi connectivity index (χ4v) is 4.19. The van der Waals surface area contributed by atoms with E-state index in [0.29, 0.717) is 46.6 Å². The van der Waals surface area contributed by atoms with Crippen molar-refractivity contribution in [1.29, 1.82) is 0 Å². The lowest BCUT2D eigenvalue weighted by Gasteiger charge is -2.23. The summed E-state index contributed by atoms with van der Waals surface area (Å²) < 4.78 is 5.45. The molecule has 0 saturated carbocycles. The van der Waals surface area contributed by atoms with Crippen molar-refractivity contribution in [3.63, 3.8) is 0 Å². The van der Waals surface area contributed by atoms with E-state index in [1.807, 2.05) is 12.1 Å². The van der Waals surface area contributed by atoms with Crippen LogP contribution >= 0.6 is 11.6 Å². The van der Waals surface area contributed by atoms with Crippen LogP contribution in [0.3, 0.4) is 0 Å². The first-order valence-electron chi connectivity index (χ1n) is 9.56. The predicted molar refractivity (Wildman–Crippen MR) is 108 cm³/mol. The number of rotatable bonds is 3. The summed E-state index contributed by atoms with van der Waals surface area (Å²) >= 11 is 6.48. The molecule has 29 heavy (non-hydrogen) atoms. The van der Waals surface area contributed by atoms with Crippen molar-refractivity contribution >= 4 is 29.1 Å². The van der Waals surface area contributed by atoms with Crippen LogP contribution in [0.1, 0.15) is 41.6 Å². The van der Waals surface area contributed by atoms with Gasteiger partial charge in [0, 0.05) is 25.1 Å². The van der Waals surface area contributed by atoms with E-state index in [1.165, 1.54) is 0 Å². The van der Waals surface area contributed by atoms with Crippen LogP contribution in [0, 0.1) is 6.92 Å². The molecule has 2 aliphatic heterocycles. The van der Waals surface area contributed by atoms with Gasteiger partial charge >= 0.3 is 0 Å². The molecular formula is C20H19ClN6O2. The van der Waals surface area contributed by atoms with Crippen molar-refractivity contribution in [2.24, 2.45) is 0 Å². The molecule has 5 heterocycles. The molecule has 1 amide bonds. The van der Waals surface area contributed by atoms with E-state index in [4.69, 9.17) is 16.0 Å². The number of anilines is 2. The second-order valence-corrected chi connectivity index (χ2v) is 7.74. The third-order valence-corrected chi connectivity index (χ3v) is 5.77. The van der Waals surface area contributed by atoms with Gasteiger partial charge in [-0.15, -0.1) is 10.2 Å². The zero-order chi connectivity index (χ0) is 20.1. The summed E-state index contributed by atoms with van der Waals surface area (Å²) in [5.74, 6) is 1.91. The maximum absolute atomic E-state index is 13.2. The number of halogens is 1. The fraction of sp³-hybridized carbons (Fsp3) is 0.350. The second kappa shape index (κ2) is 6.81. The maximum Gasteiger partial charge on any atom is 0.266 e. The summed E-state index contributed by atoms with van der Waals surface area (Å²) in [6, 6.07) is 7.61. The molecule has 1 fully saturated rings. The number of amides is 1. The van der Waals surface area contributed by atoms with Gasteiger partial charge in [-0.3, -0.25) is 9.69 Å². The first-order valence-corrected chi connectivity index (χ1v) is 9.94. The van der Waals surface area contributed by atoms with Gasteiger partial charge in [0.15, 0.2) is 0 Å². The number of pyridine rings is 2. The van der Waals surface area contributed by atoms with Crippen LogP contribution in [-0.4, -0.2) is 38.7 Å². The number of fused-ring (bicyclic) bond motifs is 1. The van der Waals surface area contributed by atoms with Crippen LogP contribution in [-0.2, 0) is 6.54 Å². The molecule has 0 aromatic carbocycles. The molecule has 148 valence electrons. The van der Waals surface area contributed by atoms with Crippen LogP contribution in [0.2, 0.25) is 5.15 Å². The van der Waals surface area contributed by atoms with Crippen molar-refractivity contribution in [3.05, 3.63) is 46.4 Å². The minimum atomic E-state index is -0.135. The van der Waals surface area contributed by atoms with Crippen molar-refractivity contribution in [2.45, 2.75) is 39.3 Å². The van der Waals surface area contributed by atoms with E-state index in [2.05, 4.69) is 32.0 Å². The van der Waals surface area contributed by atoms with Crippen LogP contribution in [0.4, 0.5) is 11.6 Å². The molecule has 8 nitrogen and oxygen atoms in total. The molecule has 0 N–H and O–H groups in total. The van der Waals surface area contributed by atoms with Crippen molar-refractivity contribution in [2.75, 3.05) is 16.3 Å². The van der Waals surface area contributed by atoms with Crippen molar-refractivity contribution < 1.29 is 9.21 Å². The lowest BCUT2D eigenvalue weighted by molar-refractivity contribution is 0.0996. The number of hydrogen-bond donors (Lipinski definition) is 0. The van der Waals surface area contributed by atoms with Crippen LogP contribution < -0.4 is 9.80 Å². The van der Waals surface area contributed by atoms with Gasteiger partial charge in [0.05, 0.1) is 12.1 Å². The van der Waals surface area contributed by atoms with E-state index in [9.17, 15) is 4.79 Å². The third-order valence-electron chi connectivity index (χ3n) is 5.46. The monoisotopic (exact) mass is 410 g/mol. The SMILES string of the molecule is Cc1nnc(-c2cccc(N3Cc4c(cc(N5CCC[C@H]5C)nc4Cl)C3=O)n2)o1. The molecule has 3 aromatic heterocycles. The predicted octanol–water partition coefficient (Wildman–Crippen LogP) is 3.64. The smallest absolute Gasteiger partial charge is 0.266 e. The highest BCUT2D eigenvalue weighted by molar-refractivity contribution is 6.31. The van der Waals surface area contributed by atoms with Gasteiger partial charge in [0.2, 0.25) is 5.89 Å². The van der Waals surface area contributed by atoms with Crippen LogP contribution in [0.25, 0.3) is 11.6 Å². The second-order valence-electron chi connectivity index (χ2n) is 7.38. The van der Waals surface area contributed by atoms with Gasteiger partial charge in [-0.05, 0) is 38.0 Å². The largest absolute Gasteiger partial charge is 0.420 e. The first kappa shape index (κ1) is 18.1. The highest BCUT2D eigenvalue weighted by Crippen LogP contribution is 2.35. The zero-order valence-electron chi connectivity index (χ0n) is 16.1. The molecule has 1 saturated heterocycles. The molecule has 0 aliphatic carbocycles. The number of hydrogen-bond acceptors (Lipinski definition) is 7. The highest BCUT2D eigenvalue weighted by Gasteiger charge is 2.34. The van der Waals surface area contributed by atoms with Crippen LogP contribution in [0.5, 0.6) is 0 Å². The molecule has 1 atom stereocenters. The van der Waals surface area contributed by atoms with Gasteiger partial charge in [0.25, 0.3) is 11.8 Å². The molecule has 9 heteroatoms. The number of aryl methyl sites for hydroxylation is 1. The Balaban J connectivity index is 1.49. The molecule has 0 radical (unpaired) electrons. The summed E-state index contributed by atoms with van der Waals surface area (Å²) in [7, 11) is 0. The quantitative estimate of drug-likeness (QED) is 0.609. The highest BCUT2D eigenvalue weighted by atomic mass is 35.5. The van der Waals surface area contributed by atoms with Crippen molar-refractivity contribution in [1.82, 2.24) is 20.2 Å². The van der Waals surface area contributed by atoms with Gasteiger partial charge < -0.3 is 9.32 Å². The van der Waals surface area contributed by atoms with Crippen LogP contribution in [0.15, 0.2) is 28.7 Å². The average Bonchev–Trinajstić information content (AvgIpc) is 3.42. The molecule has 0 spiro atoms. The standard InChI is InChI=1S/C20H19ClN6O2/c1-11-5-4-8-26(11)17-9-13-14(18(21)23-17)10-27(20(13)28)16-7-3-6-15(22-16)19-25-24-12(2)29-19/h3,6-7,9,11H,4-5,8,10H2,1-2H3/t11-/m1/s1. The Morgan fingerprint density at radius 1 is 1.21 bits per heavy atom. The summed E-state index contributed by atoms with van der Waals surface area (Å²) in [4.78, 5) is 26.1. The Morgan fingerprint density at radius 3 is 2.79 bits per heavy atom. The Morgan fingerprint density at radius 2 is 2.07 bits per heavy atom. The third kappa shape index (κ3) is 3.04. The molecule has 0 bridgehead atoms. The average molecular weight is 411 g/mol. The number of nitrogens with zero attached hydrogens (tertiary/aromatic N) is 6. The Labute approximate surface area is 172 Å². The van der Waals surface area contributed by atoms with Gasteiger partial charge in [-0.1, -0.05) is 17.7 Å². The van der Waals surface area contributed by atoms with Crippen molar-refractivity contribution in [3.8, 4) is 11.6 Å². The van der Waals surface area contributed by atoms with Gasteiger partial charge in [-0.25, -0.2) is 9.97 Å². The summed E-state index contributed by atoms with van der Waals surface area (Å²) in [5.41, 5.74) is 1.83. The summed E-state index contributed by atoms with van der Waals surface area (Å²) in [6.45, 7) is 5.14. The zero-order valence-corrected chi connectivity index (χ0v) is 16.8. The summed E-state index contributed by atoms with van der Waals surface area (Å²) in [5, 5.41) is 8.21. The normalized spacial score (nSPS) is 18.6. The van der Waals surface area contributed by atoms with E-state index in [-0.39, 0.29) is 5.91 Å². The van der Waals surface area contributed by atoms with Gasteiger partial charge in [0.1, 0.15) is 22.5 Å². The molecule has 5 rings (SSSR count). The Hall–Kier alpha value is -3.00. The molecule has 3 aromatic rings. The minimum Gasteiger partial charge on any atom is -0.420 e. The Bertz CT molecular complexity index is 1110. The lowest BCUT2D eigenvalue weighted by atomic mass is 10.1.